The molecule has 9 heteroatoms. The average molecular weight is 672 g/mol. The second kappa shape index (κ2) is 13.0. The zero-order valence-corrected chi connectivity index (χ0v) is 29.8. The number of carbonyl (C=O) groups is 3. The highest BCUT2D eigenvalue weighted by atomic mass is 32.2. The molecule has 48 heavy (non-hydrogen) atoms. The van der Waals surface area contributed by atoms with Crippen molar-refractivity contribution in [3.8, 4) is 5.75 Å². The van der Waals surface area contributed by atoms with E-state index in [-0.39, 0.29) is 35.0 Å². The molecule has 0 saturated carbocycles. The summed E-state index contributed by atoms with van der Waals surface area (Å²) in [6.07, 6.45) is 9.32. The van der Waals surface area contributed by atoms with Crippen LogP contribution in [0, 0.1) is 17.3 Å². The van der Waals surface area contributed by atoms with Crippen molar-refractivity contribution in [2.24, 2.45) is 17.3 Å². The van der Waals surface area contributed by atoms with Crippen LogP contribution >= 0.6 is 11.8 Å². The van der Waals surface area contributed by atoms with E-state index >= 15 is 9.59 Å². The van der Waals surface area contributed by atoms with E-state index in [1.165, 1.54) is 0 Å². The Morgan fingerprint density at radius 1 is 0.938 bits per heavy atom. The zero-order chi connectivity index (χ0) is 34.4. The normalized spacial score (nSPS) is 27.8. The molecule has 2 aromatic rings. The number of likely N-dealkylation sites (tertiary alicyclic amines) is 1. The molecule has 4 heterocycles. The summed E-state index contributed by atoms with van der Waals surface area (Å²) in [6, 6.07) is 15.7. The van der Waals surface area contributed by atoms with Crippen LogP contribution in [0.15, 0.2) is 78.9 Å². The molecule has 0 bridgehead atoms. The number of aliphatic hydroxyl groups is 1. The van der Waals surface area contributed by atoms with Crippen LogP contribution in [0.2, 0.25) is 0 Å². The summed E-state index contributed by atoms with van der Waals surface area (Å²) in [7, 11) is 0. The van der Waals surface area contributed by atoms with Crippen LogP contribution < -0.4 is 9.64 Å². The third kappa shape index (κ3) is 6.09. The Morgan fingerprint density at radius 2 is 1.65 bits per heavy atom. The van der Waals surface area contributed by atoms with Gasteiger partial charge >= 0.3 is 0 Å². The van der Waals surface area contributed by atoms with Gasteiger partial charge in [0.25, 0.3) is 0 Å². The number of benzene rings is 2. The van der Waals surface area contributed by atoms with E-state index in [9.17, 15) is 9.90 Å². The van der Waals surface area contributed by atoms with Gasteiger partial charge in [-0.2, -0.15) is 0 Å². The molecule has 8 nitrogen and oxygen atoms in total. The van der Waals surface area contributed by atoms with E-state index in [1.807, 2.05) is 78.6 Å². The van der Waals surface area contributed by atoms with Gasteiger partial charge in [-0.05, 0) is 68.9 Å². The lowest BCUT2D eigenvalue weighted by molar-refractivity contribution is -0.149. The van der Waals surface area contributed by atoms with Gasteiger partial charge in [0.1, 0.15) is 11.8 Å². The second-order valence-electron chi connectivity index (χ2n) is 15.3. The van der Waals surface area contributed by atoms with Crippen LogP contribution in [0.1, 0.15) is 53.5 Å². The highest BCUT2D eigenvalue weighted by molar-refractivity contribution is 8.02. The minimum Gasteiger partial charge on any atom is -0.494 e. The smallest absolute Gasteiger partial charge is 0.247 e. The van der Waals surface area contributed by atoms with Crippen LogP contribution in [0.25, 0.3) is 0 Å². The van der Waals surface area contributed by atoms with Crippen molar-refractivity contribution < 1.29 is 24.2 Å². The van der Waals surface area contributed by atoms with Crippen molar-refractivity contribution in [2.75, 3.05) is 31.2 Å². The molecular weight excluding hydrogens is 623 g/mol. The van der Waals surface area contributed by atoms with Crippen molar-refractivity contribution in [1.82, 2.24) is 9.80 Å². The first-order valence-electron chi connectivity index (χ1n) is 17.2. The summed E-state index contributed by atoms with van der Waals surface area (Å²) in [5.41, 5.74) is 1.17. The lowest BCUT2D eigenvalue weighted by atomic mass is 9.77. The van der Waals surface area contributed by atoms with E-state index in [0.717, 1.165) is 23.4 Å². The number of thioether (sulfide) groups is 1. The van der Waals surface area contributed by atoms with E-state index in [1.54, 1.807) is 21.6 Å². The number of nitrogens with zero attached hydrogens (tertiary/aromatic N) is 3. The molecule has 2 saturated heterocycles. The Bertz CT molecular complexity index is 1580. The van der Waals surface area contributed by atoms with Crippen molar-refractivity contribution >= 4 is 35.2 Å². The van der Waals surface area contributed by atoms with Crippen LogP contribution in [0.4, 0.5) is 5.69 Å². The number of anilines is 1. The van der Waals surface area contributed by atoms with Gasteiger partial charge in [0.15, 0.2) is 0 Å². The molecule has 1 N–H and O–H groups in total. The van der Waals surface area contributed by atoms with Crippen LogP contribution in [0.3, 0.4) is 0 Å². The average Bonchev–Trinajstić information content (AvgIpc) is 3.34. The molecule has 6 rings (SSSR count). The molecule has 256 valence electrons. The molecule has 6 atom stereocenters. The standard InChI is InChI=1S/C39H49N3O5S/c1-7-47-29-18-16-27(17-19-29)40-21-11-15-30-31(34(40)44)32-35(45)42(28(24-43)23-26-13-9-8-10-14-26)33-36(46)41(22-12-20-39(32,33)48-30)38(5,6)25-37(2,3)4/h8-20,28,30-33,43H,7,21-25H2,1-6H3/t28-,30+,31-,32+,33?,39+/m1/s1. The van der Waals surface area contributed by atoms with Gasteiger partial charge in [0.2, 0.25) is 17.7 Å². The monoisotopic (exact) mass is 671 g/mol. The third-order valence-electron chi connectivity index (χ3n) is 10.2. The number of fused-ring (bicyclic) bond motifs is 2. The Balaban J connectivity index is 1.44. The van der Waals surface area contributed by atoms with Crippen molar-refractivity contribution in [2.45, 2.75) is 82.0 Å². The van der Waals surface area contributed by atoms with Crippen molar-refractivity contribution in [3.05, 3.63) is 84.5 Å². The number of carbonyl (C=O) groups excluding carboxylic acids is 3. The molecule has 4 aliphatic heterocycles. The highest BCUT2D eigenvalue weighted by Gasteiger charge is 2.72. The predicted octanol–water partition coefficient (Wildman–Crippen LogP) is 5.50. The van der Waals surface area contributed by atoms with E-state index < -0.39 is 34.2 Å². The Labute approximate surface area is 289 Å². The number of amides is 3. The number of ether oxygens (including phenoxy) is 1. The fraction of sp³-hybridized carbons (Fsp3) is 0.513. The van der Waals surface area contributed by atoms with Crippen LogP contribution in [-0.2, 0) is 20.8 Å². The second-order valence-corrected chi connectivity index (χ2v) is 16.8. The van der Waals surface area contributed by atoms with Crippen molar-refractivity contribution in [1.29, 1.82) is 0 Å². The minimum atomic E-state index is -0.970. The van der Waals surface area contributed by atoms with Gasteiger partial charge < -0.3 is 24.5 Å². The molecule has 1 unspecified atom stereocenters. The first kappa shape index (κ1) is 34.3. The molecule has 0 radical (unpaired) electrons. The van der Waals surface area contributed by atoms with E-state index in [0.29, 0.717) is 26.1 Å². The Kier molecular flexibility index (Phi) is 9.33. The van der Waals surface area contributed by atoms with Gasteiger partial charge in [0, 0.05) is 29.6 Å². The maximum Gasteiger partial charge on any atom is 0.247 e. The maximum absolute atomic E-state index is 15.1. The van der Waals surface area contributed by atoms with E-state index in [2.05, 4.69) is 46.8 Å². The zero-order valence-electron chi connectivity index (χ0n) is 29.0. The minimum absolute atomic E-state index is 0.0387. The number of hydrogen-bond donors (Lipinski definition) is 1. The summed E-state index contributed by atoms with van der Waals surface area (Å²) in [5.74, 6) is -1.21. The quantitative estimate of drug-likeness (QED) is 0.354. The molecular formula is C39H49N3O5S. The fourth-order valence-electron chi connectivity index (χ4n) is 8.67. The Morgan fingerprint density at radius 3 is 2.29 bits per heavy atom. The molecule has 2 fully saturated rings. The third-order valence-corrected chi connectivity index (χ3v) is 11.9. The van der Waals surface area contributed by atoms with Crippen LogP contribution in [0.5, 0.6) is 5.75 Å². The predicted molar refractivity (Wildman–Crippen MR) is 191 cm³/mol. The fourth-order valence-corrected chi connectivity index (χ4v) is 10.7. The van der Waals surface area contributed by atoms with Gasteiger partial charge in [0.05, 0.1) is 35.8 Å². The van der Waals surface area contributed by atoms with E-state index in [4.69, 9.17) is 4.74 Å². The lowest BCUT2D eigenvalue weighted by Crippen LogP contribution is -2.60. The first-order chi connectivity index (χ1) is 22.8. The summed E-state index contributed by atoms with van der Waals surface area (Å²) in [6.45, 7) is 13.7. The summed E-state index contributed by atoms with van der Waals surface area (Å²) in [5, 5.41) is 10.6. The number of aliphatic hydroxyl groups excluding tert-OH is 1. The summed E-state index contributed by atoms with van der Waals surface area (Å²) < 4.78 is 4.66. The molecule has 0 aliphatic carbocycles. The highest BCUT2D eigenvalue weighted by Crippen LogP contribution is 2.62. The van der Waals surface area contributed by atoms with Crippen molar-refractivity contribution in [3.63, 3.8) is 0 Å². The lowest BCUT2D eigenvalue weighted by Gasteiger charge is -2.45. The largest absolute Gasteiger partial charge is 0.494 e. The molecule has 2 aromatic carbocycles. The molecule has 1 spiro atoms. The van der Waals surface area contributed by atoms with Gasteiger partial charge in [-0.25, -0.2) is 0 Å². The maximum atomic E-state index is 15.1. The number of hydrogen-bond acceptors (Lipinski definition) is 6. The SMILES string of the molecule is CCOc1ccc(N2CC=C[C@@H]3S[C@]45C=CCN(C(C)(C)CC(C)(C)C)C(=O)C4N([C@@H](CO)Cc4ccccc4)C(=O)[C@@H]5[C@@H]3C2=O)cc1. The van der Waals surface area contributed by atoms with Gasteiger partial charge in [-0.1, -0.05) is 75.4 Å². The number of rotatable bonds is 9. The van der Waals surface area contributed by atoms with Gasteiger partial charge in [-0.15, -0.1) is 11.8 Å². The molecule has 0 aromatic heterocycles. The first-order valence-corrected chi connectivity index (χ1v) is 18.0. The Hall–Kier alpha value is -3.56. The molecule has 3 amide bonds. The summed E-state index contributed by atoms with van der Waals surface area (Å²) >= 11 is 1.57. The summed E-state index contributed by atoms with van der Waals surface area (Å²) in [4.78, 5) is 50.2. The van der Waals surface area contributed by atoms with Gasteiger partial charge in [-0.3, -0.25) is 14.4 Å². The topological polar surface area (TPSA) is 90.4 Å². The van der Waals surface area contributed by atoms with Crippen LogP contribution in [-0.4, -0.2) is 86.6 Å². The molecule has 4 aliphatic rings.